The van der Waals surface area contributed by atoms with Crippen LogP contribution >= 0.6 is 24.0 Å². The zero-order chi connectivity index (χ0) is 27.4. The van der Waals surface area contributed by atoms with E-state index in [1.165, 1.54) is 4.57 Å². The van der Waals surface area contributed by atoms with E-state index in [1.54, 1.807) is 56.5 Å². The van der Waals surface area contributed by atoms with Gasteiger partial charge in [-0.15, -0.1) is 12.4 Å². The second-order valence-electron chi connectivity index (χ2n) is 8.47. The summed E-state index contributed by atoms with van der Waals surface area (Å²) < 4.78 is 11.5. The number of carboxylic acid groups (broad SMARTS) is 1. The first-order valence-corrected chi connectivity index (χ1v) is 11.6. The van der Waals surface area contributed by atoms with Crippen molar-refractivity contribution >= 4 is 46.8 Å². The van der Waals surface area contributed by atoms with Gasteiger partial charge in [-0.05, 0) is 55.0 Å². The molecule has 1 aliphatic rings. The summed E-state index contributed by atoms with van der Waals surface area (Å²) in [6.07, 6.45) is -5.02. The van der Waals surface area contributed by atoms with Crippen LogP contribution in [0.5, 0.6) is 5.75 Å². The van der Waals surface area contributed by atoms with Crippen LogP contribution in [0.1, 0.15) is 21.6 Å². The lowest BCUT2D eigenvalue weighted by Crippen LogP contribution is -2.61. The van der Waals surface area contributed by atoms with Gasteiger partial charge in [0.25, 0.3) is 5.91 Å². The third-order valence-corrected chi connectivity index (χ3v) is 6.36. The number of halogens is 2. The lowest BCUT2D eigenvalue weighted by Gasteiger charge is -2.38. The number of benzene rings is 2. The first kappa shape index (κ1) is 31.5. The molecule has 1 aromatic heterocycles. The van der Waals surface area contributed by atoms with Crippen molar-refractivity contribution in [1.82, 2.24) is 4.57 Å². The minimum Gasteiger partial charge on any atom is -0.497 e. The number of carbonyl (C=O) groups excluding carboxylic acids is 1. The average molecular weight is 573 g/mol. The van der Waals surface area contributed by atoms with Crippen molar-refractivity contribution < 1.29 is 44.6 Å². The van der Waals surface area contributed by atoms with E-state index in [-0.39, 0.29) is 24.7 Å². The van der Waals surface area contributed by atoms with Gasteiger partial charge in [0, 0.05) is 21.7 Å². The van der Waals surface area contributed by atoms with E-state index < -0.39 is 43.2 Å². The van der Waals surface area contributed by atoms with E-state index in [4.69, 9.17) is 37.0 Å². The van der Waals surface area contributed by atoms with Crippen LogP contribution in [-0.2, 0) is 16.0 Å². The number of carboxylic acids is 1. The number of methoxy groups -OCH3 is 1. The summed E-state index contributed by atoms with van der Waals surface area (Å²) in [5.41, 5.74) is 7.59. The van der Waals surface area contributed by atoms with Crippen LogP contribution in [-0.4, -0.2) is 86.3 Å². The topological polar surface area (TPSA) is 185 Å². The summed E-state index contributed by atoms with van der Waals surface area (Å²) in [7, 11) is 1.54. The summed E-state index contributed by atoms with van der Waals surface area (Å²) in [6, 6.07) is 10.8. The smallest absolute Gasteiger partial charge is 0.307 e. The highest BCUT2D eigenvalue weighted by atomic mass is 35.5. The fourth-order valence-electron chi connectivity index (χ4n) is 4.06. The van der Waals surface area contributed by atoms with Crippen LogP contribution in [0.25, 0.3) is 10.9 Å². The quantitative estimate of drug-likeness (QED) is 0.258. The summed E-state index contributed by atoms with van der Waals surface area (Å²) >= 11 is 5.89. The predicted molar refractivity (Wildman–Crippen MR) is 141 cm³/mol. The van der Waals surface area contributed by atoms with E-state index in [0.717, 1.165) is 0 Å². The number of nitrogens with zero attached hydrogens (tertiary/aromatic N) is 1. The number of hydrogen-bond acceptors (Lipinski definition) is 9. The largest absolute Gasteiger partial charge is 0.497 e. The molecule has 11 nitrogen and oxygen atoms in total. The molecule has 7 N–H and O–H groups in total. The Morgan fingerprint density at radius 3 is 2.29 bits per heavy atom. The molecule has 0 spiro atoms. The molecule has 1 aliphatic heterocycles. The van der Waals surface area contributed by atoms with Gasteiger partial charge in [0.15, 0.2) is 6.29 Å². The number of rotatable bonds is 5. The molecule has 1 saturated heterocycles. The standard InChI is InChI=1S/C19H16ClNO4.C6H13NO5.ClH/c1-11-15(10-18(22)23)16-9-14(25-2)7-8-17(16)21(11)19(24)12-3-5-13(20)6-4-12;7-3-5(10)4(9)2(1-8)12-6(3)11;/h3-9H,10H2,1-2H3,(H,22,23);2-6,8-11H,1,7H2;1H/t;2-,3-,4-,5-,6-;/m.1./s1. The van der Waals surface area contributed by atoms with Crippen LogP contribution < -0.4 is 10.5 Å². The molecule has 208 valence electrons. The maximum atomic E-state index is 13.0. The highest BCUT2D eigenvalue weighted by molar-refractivity contribution is 6.30. The molecule has 0 bridgehead atoms. The third kappa shape index (κ3) is 6.63. The molecular weight excluding hydrogens is 543 g/mol. The van der Waals surface area contributed by atoms with E-state index in [0.29, 0.717) is 38.5 Å². The van der Waals surface area contributed by atoms with Crippen molar-refractivity contribution in [2.45, 2.75) is 44.0 Å². The number of ether oxygens (including phenoxy) is 2. The van der Waals surface area contributed by atoms with Gasteiger partial charge in [-0.1, -0.05) is 11.6 Å². The number of nitrogens with two attached hydrogens (primary N) is 1. The van der Waals surface area contributed by atoms with Crippen molar-refractivity contribution in [3.8, 4) is 5.75 Å². The Morgan fingerprint density at radius 2 is 1.74 bits per heavy atom. The third-order valence-electron chi connectivity index (χ3n) is 6.11. The van der Waals surface area contributed by atoms with E-state index in [2.05, 4.69) is 0 Å². The number of carbonyl (C=O) groups is 2. The maximum Gasteiger partial charge on any atom is 0.307 e. The SMILES string of the molecule is COc1ccc2c(c1)c(CC(=O)O)c(C)n2C(=O)c1ccc(Cl)cc1.Cl.N[C@@H]1[C@@H](O)[C@H](O)[C@@H](CO)O[C@H]1O. The number of hydrogen-bond donors (Lipinski definition) is 6. The van der Waals surface area contributed by atoms with Crippen LogP contribution in [0.2, 0.25) is 5.02 Å². The zero-order valence-electron chi connectivity index (χ0n) is 20.5. The lowest BCUT2D eigenvalue weighted by atomic mass is 9.98. The number of aliphatic hydroxyl groups excluding tert-OH is 4. The van der Waals surface area contributed by atoms with Crippen LogP contribution in [0.4, 0.5) is 0 Å². The molecule has 0 amide bonds. The molecule has 2 heterocycles. The molecule has 0 unspecified atom stereocenters. The zero-order valence-corrected chi connectivity index (χ0v) is 22.1. The number of fused-ring (bicyclic) bond motifs is 1. The first-order chi connectivity index (χ1) is 17.5. The Labute approximate surface area is 229 Å². The van der Waals surface area contributed by atoms with Crippen molar-refractivity contribution in [3.05, 3.63) is 64.3 Å². The van der Waals surface area contributed by atoms with Gasteiger partial charge in [-0.2, -0.15) is 0 Å². The molecule has 4 rings (SSSR count). The molecular formula is C25H30Cl2N2O9. The van der Waals surface area contributed by atoms with Crippen molar-refractivity contribution in [2.24, 2.45) is 5.73 Å². The second-order valence-corrected chi connectivity index (χ2v) is 8.91. The van der Waals surface area contributed by atoms with Crippen LogP contribution in [0, 0.1) is 6.92 Å². The highest BCUT2D eigenvalue weighted by Gasteiger charge is 2.41. The van der Waals surface area contributed by atoms with Gasteiger partial charge in [0.05, 0.1) is 31.7 Å². The molecule has 3 aromatic rings. The lowest BCUT2D eigenvalue weighted by molar-refractivity contribution is -0.248. The van der Waals surface area contributed by atoms with Gasteiger partial charge >= 0.3 is 5.97 Å². The Kier molecular flexibility index (Phi) is 11.1. The molecule has 2 aromatic carbocycles. The molecule has 38 heavy (non-hydrogen) atoms. The van der Waals surface area contributed by atoms with Gasteiger partial charge in [-0.3, -0.25) is 14.2 Å². The number of aliphatic carboxylic acids is 1. The van der Waals surface area contributed by atoms with Gasteiger partial charge < -0.3 is 40.7 Å². The number of aromatic nitrogens is 1. The Bertz CT molecular complexity index is 1260. The predicted octanol–water partition coefficient (Wildman–Crippen LogP) is 1.09. The first-order valence-electron chi connectivity index (χ1n) is 11.3. The minimum absolute atomic E-state index is 0. The van der Waals surface area contributed by atoms with Crippen LogP contribution in [0.15, 0.2) is 42.5 Å². The summed E-state index contributed by atoms with van der Waals surface area (Å²) in [5, 5.41) is 46.5. The molecule has 5 atom stereocenters. The average Bonchev–Trinajstić information content (AvgIpc) is 3.15. The number of aliphatic hydroxyl groups is 4. The molecule has 13 heteroatoms. The second kappa shape index (κ2) is 13.4. The Morgan fingerprint density at radius 1 is 1.11 bits per heavy atom. The van der Waals surface area contributed by atoms with Crippen LogP contribution in [0.3, 0.4) is 0 Å². The van der Waals surface area contributed by atoms with Gasteiger partial charge in [-0.25, -0.2) is 0 Å². The minimum atomic E-state index is -1.35. The Balaban J connectivity index is 0.000000330. The molecule has 0 aliphatic carbocycles. The molecule has 0 saturated carbocycles. The molecule has 0 radical (unpaired) electrons. The van der Waals surface area contributed by atoms with E-state index >= 15 is 0 Å². The summed E-state index contributed by atoms with van der Waals surface area (Å²) in [4.78, 5) is 24.3. The fourth-order valence-corrected chi connectivity index (χ4v) is 4.19. The monoisotopic (exact) mass is 572 g/mol. The van der Waals surface area contributed by atoms with E-state index in [1.807, 2.05) is 0 Å². The highest BCUT2D eigenvalue weighted by Crippen LogP contribution is 2.31. The van der Waals surface area contributed by atoms with Gasteiger partial charge in [0.2, 0.25) is 0 Å². The van der Waals surface area contributed by atoms with Gasteiger partial charge in [0.1, 0.15) is 24.1 Å². The summed E-state index contributed by atoms with van der Waals surface area (Å²) in [6.45, 7) is 1.28. The van der Waals surface area contributed by atoms with Crippen molar-refractivity contribution in [1.29, 1.82) is 0 Å². The fraction of sp³-hybridized carbons (Fsp3) is 0.360. The maximum absolute atomic E-state index is 13.0. The summed E-state index contributed by atoms with van der Waals surface area (Å²) in [5.74, 6) is -0.583. The normalized spacial score (nSPS) is 22.7. The van der Waals surface area contributed by atoms with Crippen molar-refractivity contribution in [2.75, 3.05) is 13.7 Å². The Hall–Kier alpha value is -2.74. The van der Waals surface area contributed by atoms with E-state index in [9.17, 15) is 24.9 Å². The van der Waals surface area contributed by atoms with Crippen molar-refractivity contribution in [3.63, 3.8) is 0 Å². The molecule has 1 fully saturated rings.